The number of benzene rings is 2. The molecule has 61 heavy (non-hydrogen) atoms. The number of rotatable bonds is 8. The summed E-state index contributed by atoms with van der Waals surface area (Å²) in [6, 6.07) is 12.7. The van der Waals surface area contributed by atoms with E-state index in [1.165, 1.54) is 12.1 Å². The lowest BCUT2D eigenvalue weighted by molar-refractivity contribution is -0.138. The molecule has 8 rings (SSSR count). The van der Waals surface area contributed by atoms with Crippen molar-refractivity contribution >= 4 is 46.9 Å². The minimum atomic E-state index is -4.65. The van der Waals surface area contributed by atoms with E-state index in [0.29, 0.717) is 55.8 Å². The predicted molar refractivity (Wildman–Crippen MR) is 216 cm³/mol. The number of pyridine rings is 1. The first-order valence-electron chi connectivity index (χ1n) is 20.7. The molecule has 3 aromatic rings. The molecule has 0 saturated carbocycles. The van der Waals surface area contributed by atoms with E-state index in [1.54, 1.807) is 46.3 Å². The van der Waals surface area contributed by atoms with Crippen molar-refractivity contribution in [1.82, 2.24) is 25.0 Å². The van der Waals surface area contributed by atoms with E-state index >= 15 is 0 Å². The van der Waals surface area contributed by atoms with Gasteiger partial charge in [-0.15, -0.1) is 0 Å². The zero-order valence-corrected chi connectivity index (χ0v) is 33.5. The van der Waals surface area contributed by atoms with Gasteiger partial charge in [-0.1, -0.05) is 0 Å². The van der Waals surface area contributed by atoms with Crippen LogP contribution in [0.5, 0.6) is 5.75 Å². The smallest absolute Gasteiger partial charge is 0.417 e. The number of alkyl halides is 3. The molecule has 18 heteroatoms. The molecule has 0 spiro atoms. The normalized spacial score (nSPS) is 20.9. The Morgan fingerprint density at radius 2 is 1.56 bits per heavy atom. The summed E-state index contributed by atoms with van der Waals surface area (Å²) in [4.78, 5) is 77.1. The van der Waals surface area contributed by atoms with Crippen LogP contribution in [0.25, 0.3) is 0 Å². The Kier molecular flexibility index (Phi) is 11.8. The highest BCUT2D eigenvalue weighted by atomic mass is 19.4. The quantitative estimate of drug-likeness (QED) is 0.297. The minimum absolute atomic E-state index is 0.0315. The van der Waals surface area contributed by atoms with Crippen molar-refractivity contribution in [3.05, 3.63) is 77.0 Å². The molecule has 0 bridgehead atoms. The number of nitrogens with zero attached hydrogens (tertiary/aromatic N) is 7. The fourth-order valence-corrected chi connectivity index (χ4v) is 8.95. The molecule has 2 aromatic carbocycles. The van der Waals surface area contributed by atoms with Crippen molar-refractivity contribution in [3.63, 3.8) is 0 Å². The molecule has 0 radical (unpaired) electrons. The highest BCUT2D eigenvalue weighted by molar-refractivity contribution is 6.23. The number of carbonyl (C=O) groups excluding carboxylic acids is 5. The topological polar surface area (TPSA) is 172 Å². The van der Waals surface area contributed by atoms with Crippen molar-refractivity contribution in [2.75, 3.05) is 74.0 Å². The standard InChI is InChI=1S/C43H46F3N9O6/c44-43(45,46)35-23-30(3-2-28(35)24-47)52-14-1-15-54(21-20-52)42(60)49-37-8-5-32(25-48-37)61-31-12-16-51(17-13-31)26-27-10-18-53(19-11-27)29-4-6-33-34(22-29)41(59)55(40(33)58)36-7-9-38(56)50-39(36)57/h2-6,8,22-23,25,27,31,36H,1,7,9-21,26H2,(H,48,49,60)(H,50,56,57). The summed E-state index contributed by atoms with van der Waals surface area (Å²) >= 11 is 0. The van der Waals surface area contributed by atoms with Crippen LogP contribution in [0, 0.1) is 17.2 Å². The lowest BCUT2D eigenvalue weighted by Gasteiger charge is -2.38. The van der Waals surface area contributed by atoms with E-state index in [-0.39, 0.29) is 36.1 Å². The molecule has 15 nitrogen and oxygen atoms in total. The Balaban J connectivity index is 0.752. The summed E-state index contributed by atoms with van der Waals surface area (Å²) in [5.41, 5.74) is 0.390. The van der Waals surface area contributed by atoms with Crippen molar-refractivity contribution in [2.24, 2.45) is 5.92 Å². The number of ether oxygens (including phenoxy) is 1. The summed E-state index contributed by atoms with van der Waals surface area (Å²) in [5.74, 6) is -0.558. The number of piperidine rings is 3. The van der Waals surface area contributed by atoms with E-state index in [1.807, 2.05) is 6.07 Å². The highest BCUT2D eigenvalue weighted by Gasteiger charge is 2.45. The Morgan fingerprint density at radius 1 is 0.836 bits per heavy atom. The fraction of sp³-hybridized carbons (Fsp3) is 0.465. The Morgan fingerprint density at radius 3 is 2.26 bits per heavy atom. The number of urea groups is 1. The van der Waals surface area contributed by atoms with Gasteiger partial charge in [0.25, 0.3) is 11.8 Å². The lowest BCUT2D eigenvalue weighted by Crippen LogP contribution is -2.54. The maximum atomic E-state index is 13.5. The van der Waals surface area contributed by atoms with Crippen LogP contribution in [0.2, 0.25) is 0 Å². The van der Waals surface area contributed by atoms with Gasteiger partial charge < -0.3 is 24.3 Å². The first kappa shape index (κ1) is 41.5. The number of aromatic nitrogens is 1. The van der Waals surface area contributed by atoms with Gasteiger partial charge in [-0.25, -0.2) is 9.78 Å². The molecular weight excluding hydrogens is 796 g/mol. The van der Waals surface area contributed by atoms with E-state index in [9.17, 15) is 37.1 Å². The van der Waals surface area contributed by atoms with Gasteiger partial charge in [-0.05, 0) is 93.0 Å². The molecule has 4 fully saturated rings. The van der Waals surface area contributed by atoms with Crippen molar-refractivity contribution in [3.8, 4) is 11.8 Å². The molecule has 6 heterocycles. The van der Waals surface area contributed by atoms with Crippen LogP contribution < -0.4 is 25.2 Å². The summed E-state index contributed by atoms with van der Waals surface area (Å²) in [6.45, 7) is 5.92. The molecule has 5 aliphatic rings. The van der Waals surface area contributed by atoms with Crippen LogP contribution in [0.15, 0.2) is 54.7 Å². The summed E-state index contributed by atoms with van der Waals surface area (Å²) in [5, 5.41) is 14.2. The van der Waals surface area contributed by atoms with Gasteiger partial charge in [-0.3, -0.25) is 34.7 Å². The van der Waals surface area contributed by atoms with E-state index in [4.69, 9.17) is 10.00 Å². The number of imide groups is 2. The zero-order valence-electron chi connectivity index (χ0n) is 33.5. The van der Waals surface area contributed by atoms with Crippen LogP contribution in [-0.2, 0) is 15.8 Å². The Hall–Kier alpha value is -6.22. The average molecular weight is 842 g/mol. The molecular formula is C43H46F3N9O6. The molecule has 1 atom stereocenters. The van der Waals surface area contributed by atoms with Gasteiger partial charge in [-0.2, -0.15) is 18.4 Å². The van der Waals surface area contributed by atoms with Crippen molar-refractivity contribution < 1.29 is 41.9 Å². The number of hydrogen-bond donors (Lipinski definition) is 2. The number of nitriles is 1. The number of hydrogen-bond acceptors (Lipinski definition) is 11. The van der Waals surface area contributed by atoms with Crippen LogP contribution in [0.1, 0.15) is 76.8 Å². The van der Waals surface area contributed by atoms with Gasteiger partial charge in [0.15, 0.2) is 0 Å². The molecule has 6 amide bonds. The SMILES string of the molecule is N#Cc1ccc(N2CCCN(C(=O)Nc3ccc(OC4CCN(CC5CCN(c6ccc7c(c6)C(=O)N(C6CCC(=O)NC6=O)C7=O)CC5)CC4)cn3)CC2)cc1C(F)(F)F. The number of nitrogens with one attached hydrogen (secondary N) is 2. The zero-order chi connectivity index (χ0) is 42.8. The number of carbonyl (C=O) groups is 5. The number of anilines is 3. The molecule has 0 aliphatic carbocycles. The number of likely N-dealkylation sites (tertiary alicyclic amines) is 1. The Labute approximate surface area is 350 Å². The van der Waals surface area contributed by atoms with E-state index in [2.05, 4.69) is 25.4 Å². The van der Waals surface area contributed by atoms with Gasteiger partial charge in [0.05, 0.1) is 34.5 Å². The largest absolute Gasteiger partial charge is 0.489 e. The van der Waals surface area contributed by atoms with Crippen molar-refractivity contribution in [2.45, 2.75) is 63.3 Å². The summed E-state index contributed by atoms with van der Waals surface area (Å²) in [6.07, 6.45) is 1.41. The third-order valence-corrected chi connectivity index (χ3v) is 12.3. The fourth-order valence-electron chi connectivity index (χ4n) is 8.95. The van der Waals surface area contributed by atoms with Gasteiger partial charge in [0, 0.05) is 76.7 Å². The number of amides is 6. The Bertz CT molecular complexity index is 2230. The molecule has 320 valence electrons. The molecule has 2 N–H and O–H groups in total. The molecule has 5 aliphatic heterocycles. The predicted octanol–water partition coefficient (Wildman–Crippen LogP) is 4.88. The average Bonchev–Trinajstić information content (AvgIpc) is 3.38. The lowest BCUT2D eigenvalue weighted by atomic mass is 9.94. The van der Waals surface area contributed by atoms with Crippen LogP contribution in [0.3, 0.4) is 0 Å². The third kappa shape index (κ3) is 9.11. The van der Waals surface area contributed by atoms with E-state index < -0.39 is 47.0 Å². The molecule has 4 saturated heterocycles. The van der Waals surface area contributed by atoms with Crippen molar-refractivity contribution in [1.29, 1.82) is 5.26 Å². The second kappa shape index (κ2) is 17.4. The number of halogens is 3. The second-order valence-corrected chi connectivity index (χ2v) is 16.2. The van der Waals surface area contributed by atoms with Gasteiger partial charge in [0.2, 0.25) is 11.8 Å². The van der Waals surface area contributed by atoms with Crippen LogP contribution >= 0.6 is 0 Å². The highest BCUT2D eigenvalue weighted by Crippen LogP contribution is 2.36. The molecule has 1 unspecified atom stereocenters. The first-order valence-corrected chi connectivity index (χ1v) is 20.7. The van der Waals surface area contributed by atoms with Crippen LogP contribution in [-0.4, -0.2) is 120 Å². The number of fused-ring (bicyclic) bond motifs is 1. The van der Waals surface area contributed by atoms with Gasteiger partial charge >= 0.3 is 12.2 Å². The first-order chi connectivity index (χ1) is 29.3. The summed E-state index contributed by atoms with van der Waals surface area (Å²) < 4.78 is 46.8. The van der Waals surface area contributed by atoms with E-state index in [0.717, 1.165) is 75.1 Å². The molecule has 1 aromatic heterocycles. The minimum Gasteiger partial charge on any atom is -0.489 e. The maximum Gasteiger partial charge on any atom is 0.417 e. The maximum absolute atomic E-state index is 13.5. The van der Waals surface area contributed by atoms with Crippen LogP contribution in [0.4, 0.5) is 35.2 Å². The van der Waals surface area contributed by atoms with Gasteiger partial charge in [0.1, 0.15) is 23.7 Å². The second-order valence-electron chi connectivity index (χ2n) is 16.2. The summed E-state index contributed by atoms with van der Waals surface area (Å²) in [7, 11) is 0. The monoisotopic (exact) mass is 841 g/mol. The third-order valence-electron chi connectivity index (χ3n) is 12.3.